The second kappa shape index (κ2) is 3.75. The molecule has 1 fully saturated rings. The van der Waals surface area contributed by atoms with E-state index in [4.69, 9.17) is 4.42 Å². The molecular formula is C11H17NO2. The smallest absolute Gasteiger partial charge is 0.0963 e. The van der Waals surface area contributed by atoms with Gasteiger partial charge in [-0.3, -0.25) is 0 Å². The molecule has 0 amide bonds. The van der Waals surface area contributed by atoms with Crippen LogP contribution in [0.1, 0.15) is 31.2 Å². The molecule has 78 valence electrons. The number of hydrogen-bond donors (Lipinski definition) is 2. The molecule has 2 rings (SSSR count). The second-order valence-electron chi connectivity index (χ2n) is 4.11. The van der Waals surface area contributed by atoms with Crippen LogP contribution in [0.25, 0.3) is 0 Å². The Morgan fingerprint density at radius 3 is 2.71 bits per heavy atom. The van der Waals surface area contributed by atoms with E-state index in [1.165, 1.54) is 0 Å². The van der Waals surface area contributed by atoms with Gasteiger partial charge >= 0.3 is 0 Å². The number of aliphatic hydroxyl groups is 1. The average Bonchev–Trinajstić information content (AvgIpc) is 2.72. The molecule has 0 aliphatic heterocycles. The predicted molar refractivity (Wildman–Crippen MR) is 53.9 cm³/mol. The van der Waals surface area contributed by atoms with Gasteiger partial charge in [0.2, 0.25) is 0 Å². The van der Waals surface area contributed by atoms with Crippen molar-refractivity contribution in [3.8, 4) is 0 Å². The van der Waals surface area contributed by atoms with E-state index in [1.54, 1.807) is 12.5 Å². The van der Waals surface area contributed by atoms with E-state index in [0.29, 0.717) is 6.04 Å². The SMILES string of the molecule is CNC1CCC(O)(c2ccoc2)CC1. The second-order valence-corrected chi connectivity index (χ2v) is 4.11. The van der Waals surface area contributed by atoms with Crippen molar-refractivity contribution in [2.45, 2.75) is 37.3 Å². The molecule has 14 heavy (non-hydrogen) atoms. The lowest BCUT2D eigenvalue weighted by Crippen LogP contribution is -2.38. The van der Waals surface area contributed by atoms with Gasteiger partial charge in [0.15, 0.2) is 0 Å². The summed E-state index contributed by atoms with van der Waals surface area (Å²) in [5, 5.41) is 13.6. The minimum absolute atomic E-state index is 0.558. The van der Waals surface area contributed by atoms with Gasteiger partial charge < -0.3 is 14.8 Å². The van der Waals surface area contributed by atoms with E-state index in [1.807, 2.05) is 13.1 Å². The van der Waals surface area contributed by atoms with Gasteiger partial charge in [0.25, 0.3) is 0 Å². The highest BCUT2D eigenvalue weighted by atomic mass is 16.3. The summed E-state index contributed by atoms with van der Waals surface area (Å²) in [6, 6.07) is 2.42. The number of rotatable bonds is 2. The quantitative estimate of drug-likeness (QED) is 0.754. The fourth-order valence-electron chi connectivity index (χ4n) is 2.20. The van der Waals surface area contributed by atoms with Crippen molar-refractivity contribution in [3.05, 3.63) is 24.2 Å². The monoisotopic (exact) mass is 195 g/mol. The van der Waals surface area contributed by atoms with E-state index in [2.05, 4.69) is 5.32 Å². The standard InChI is InChI=1S/C11H17NO2/c1-12-10-2-5-11(13,6-3-10)9-4-7-14-8-9/h4,7-8,10,12-13H,2-3,5-6H2,1H3. The van der Waals surface area contributed by atoms with Crippen molar-refractivity contribution in [1.29, 1.82) is 0 Å². The first-order valence-corrected chi connectivity index (χ1v) is 5.17. The summed E-state index contributed by atoms with van der Waals surface area (Å²) in [4.78, 5) is 0. The van der Waals surface area contributed by atoms with Crippen LogP contribution in [-0.4, -0.2) is 18.2 Å². The normalized spacial score (nSPS) is 33.1. The molecule has 0 unspecified atom stereocenters. The van der Waals surface area contributed by atoms with Crippen LogP contribution in [0.2, 0.25) is 0 Å². The van der Waals surface area contributed by atoms with Gasteiger partial charge in [0.05, 0.1) is 18.1 Å². The Hall–Kier alpha value is -0.800. The minimum atomic E-state index is -0.652. The van der Waals surface area contributed by atoms with Crippen LogP contribution >= 0.6 is 0 Å². The summed E-state index contributed by atoms with van der Waals surface area (Å²) >= 11 is 0. The van der Waals surface area contributed by atoms with E-state index in [9.17, 15) is 5.11 Å². The van der Waals surface area contributed by atoms with Crippen LogP contribution in [0.3, 0.4) is 0 Å². The number of hydrogen-bond acceptors (Lipinski definition) is 3. The molecule has 3 heteroatoms. The topological polar surface area (TPSA) is 45.4 Å². The lowest BCUT2D eigenvalue weighted by molar-refractivity contribution is -0.00808. The Bertz CT molecular complexity index is 273. The lowest BCUT2D eigenvalue weighted by atomic mass is 9.79. The molecule has 1 aromatic heterocycles. The first kappa shape index (κ1) is 9.74. The Kier molecular flexibility index (Phi) is 2.61. The third kappa shape index (κ3) is 1.70. The Balaban J connectivity index is 2.06. The van der Waals surface area contributed by atoms with E-state index < -0.39 is 5.60 Å². The summed E-state index contributed by atoms with van der Waals surface area (Å²) < 4.78 is 5.01. The molecule has 1 aromatic rings. The van der Waals surface area contributed by atoms with Crippen molar-refractivity contribution in [3.63, 3.8) is 0 Å². The molecule has 0 spiro atoms. The van der Waals surface area contributed by atoms with Crippen molar-refractivity contribution in [2.75, 3.05) is 7.05 Å². The van der Waals surface area contributed by atoms with Crippen LogP contribution in [0, 0.1) is 0 Å². The Morgan fingerprint density at radius 1 is 1.50 bits per heavy atom. The zero-order valence-electron chi connectivity index (χ0n) is 8.49. The number of furan rings is 1. The summed E-state index contributed by atoms with van der Waals surface area (Å²) in [5.74, 6) is 0. The van der Waals surface area contributed by atoms with Gasteiger partial charge in [-0.15, -0.1) is 0 Å². The van der Waals surface area contributed by atoms with Crippen molar-refractivity contribution < 1.29 is 9.52 Å². The van der Waals surface area contributed by atoms with Gasteiger partial charge in [-0.1, -0.05) is 0 Å². The zero-order valence-corrected chi connectivity index (χ0v) is 8.49. The molecule has 0 bridgehead atoms. The third-order valence-corrected chi connectivity index (χ3v) is 3.28. The van der Waals surface area contributed by atoms with Crippen molar-refractivity contribution >= 4 is 0 Å². The molecule has 0 radical (unpaired) electrons. The van der Waals surface area contributed by atoms with Crippen LogP contribution in [-0.2, 0) is 5.60 Å². The molecule has 1 aliphatic carbocycles. The minimum Gasteiger partial charge on any atom is -0.472 e. The highest BCUT2D eigenvalue weighted by Crippen LogP contribution is 2.36. The fraction of sp³-hybridized carbons (Fsp3) is 0.636. The molecule has 0 atom stereocenters. The highest BCUT2D eigenvalue weighted by Gasteiger charge is 2.34. The third-order valence-electron chi connectivity index (χ3n) is 3.28. The first-order chi connectivity index (χ1) is 6.74. The van der Waals surface area contributed by atoms with Gasteiger partial charge in [0, 0.05) is 11.6 Å². The van der Waals surface area contributed by atoms with E-state index >= 15 is 0 Å². The maximum absolute atomic E-state index is 10.4. The van der Waals surface area contributed by atoms with Gasteiger partial charge in [0.1, 0.15) is 0 Å². The van der Waals surface area contributed by atoms with Gasteiger partial charge in [-0.25, -0.2) is 0 Å². The maximum Gasteiger partial charge on any atom is 0.0963 e. The Labute approximate surface area is 84.1 Å². The zero-order chi connectivity index (χ0) is 10.0. The molecular weight excluding hydrogens is 178 g/mol. The van der Waals surface area contributed by atoms with Gasteiger partial charge in [-0.05, 0) is 38.8 Å². The molecule has 1 saturated carbocycles. The first-order valence-electron chi connectivity index (χ1n) is 5.17. The summed E-state index contributed by atoms with van der Waals surface area (Å²) in [6.07, 6.45) is 6.96. The molecule has 1 aliphatic rings. The average molecular weight is 195 g/mol. The van der Waals surface area contributed by atoms with Crippen LogP contribution in [0.4, 0.5) is 0 Å². The van der Waals surface area contributed by atoms with E-state index in [0.717, 1.165) is 31.2 Å². The summed E-state index contributed by atoms with van der Waals surface area (Å²) in [6.45, 7) is 0. The summed E-state index contributed by atoms with van der Waals surface area (Å²) in [7, 11) is 1.98. The lowest BCUT2D eigenvalue weighted by Gasteiger charge is -2.35. The Morgan fingerprint density at radius 2 is 2.21 bits per heavy atom. The molecule has 0 saturated heterocycles. The molecule has 2 N–H and O–H groups in total. The number of nitrogens with one attached hydrogen (secondary N) is 1. The van der Waals surface area contributed by atoms with Crippen molar-refractivity contribution in [1.82, 2.24) is 5.32 Å². The predicted octanol–water partition coefficient (Wildman–Crippen LogP) is 1.63. The van der Waals surface area contributed by atoms with Gasteiger partial charge in [-0.2, -0.15) is 0 Å². The van der Waals surface area contributed by atoms with Crippen molar-refractivity contribution in [2.24, 2.45) is 0 Å². The maximum atomic E-state index is 10.4. The van der Waals surface area contributed by atoms with Crippen LogP contribution < -0.4 is 5.32 Å². The molecule has 3 nitrogen and oxygen atoms in total. The summed E-state index contributed by atoms with van der Waals surface area (Å²) in [5.41, 5.74) is 0.271. The van der Waals surface area contributed by atoms with Crippen LogP contribution in [0.15, 0.2) is 23.0 Å². The van der Waals surface area contributed by atoms with Crippen LogP contribution in [0.5, 0.6) is 0 Å². The largest absolute Gasteiger partial charge is 0.472 e. The molecule has 0 aromatic carbocycles. The highest BCUT2D eigenvalue weighted by molar-refractivity contribution is 5.17. The molecule has 1 heterocycles. The van der Waals surface area contributed by atoms with E-state index in [-0.39, 0.29) is 0 Å². The fourth-order valence-corrected chi connectivity index (χ4v) is 2.20.